The summed E-state index contributed by atoms with van der Waals surface area (Å²) >= 11 is 0. The minimum Gasteiger partial charge on any atom is -0.456 e. The van der Waals surface area contributed by atoms with Crippen LogP contribution >= 0.6 is 0 Å². The highest BCUT2D eigenvalue weighted by Gasteiger charge is 2.36. The molecule has 304 valence electrons. The van der Waals surface area contributed by atoms with Gasteiger partial charge in [0.25, 0.3) is 0 Å². The zero-order chi connectivity index (χ0) is 43.0. The standard InChI is InChI=1S/C63H40O2/c1-63(2)55-27-23-39(32-50(55)51-31-37-13-3-4-14-38(37)36-56(51)63)40-24-28-59-53(33-40)54-35-42(26-30-60(54)65-59)61-46-18-7-9-20-48(46)62(49-21-10-8-19-47(49)61)45-17-6-5-15-43(45)41-25-29-58-52(34-41)44-16-11-12-22-57(44)64-58/h3-36H,1-2H3. The van der Waals surface area contributed by atoms with Gasteiger partial charge in [-0.05, 0) is 160 Å². The van der Waals surface area contributed by atoms with E-state index in [1.165, 1.54) is 93.5 Å². The first kappa shape index (κ1) is 36.3. The Morgan fingerprint density at radius 3 is 1.42 bits per heavy atom. The van der Waals surface area contributed by atoms with Crippen molar-refractivity contribution in [1.29, 1.82) is 0 Å². The average molecular weight is 829 g/mol. The SMILES string of the molecule is CC1(C)c2ccc(-c3ccc4oc5ccc(-c6c7ccccc7c(-c7ccccc7-c7ccc8oc9ccccc9c8c7)c7ccccc67)cc5c4c3)cc2-c2cc3ccccc3cc21. The van der Waals surface area contributed by atoms with E-state index in [0.29, 0.717) is 0 Å². The van der Waals surface area contributed by atoms with Crippen molar-refractivity contribution in [3.05, 3.63) is 217 Å². The first-order valence-electron chi connectivity index (χ1n) is 22.6. The molecule has 2 heteroatoms. The van der Waals surface area contributed by atoms with Crippen LogP contribution in [0, 0.1) is 0 Å². The monoisotopic (exact) mass is 828 g/mol. The molecule has 0 fully saturated rings. The lowest BCUT2D eigenvalue weighted by atomic mass is 9.81. The predicted molar refractivity (Wildman–Crippen MR) is 273 cm³/mol. The van der Waals surface area contributed by atoms with Crippen molar-refractivity contribution in [2.75, 3.05) is 0 Å². The fourth-order valence-electron chi connectivity index (χ4n) is 11.3. The van der Waals surface area contributed by atoms with Crippen LogP contribution in [0.5, 0.6) is 0 Å². The molecule has 2 heterocycles. The second kappa shape index (κ2) is 13.4. The van der Waals surface area contributed by atoms with Gasteiger partial charge in [-0.2, -0.15) is 0 Å². The Hall–Kier alpha value is -8.20. The number of fused-ring (bicyclic) bond motifs is 12. The number of hydrogen-bond donors (Lipinski definition) is 0. The third-order valence-corrected chi connectivity index (χ3v) is 14.4. The van der Waals surface area contributed by atoms with Gasteiger partial charge in [-0.1, -0.05) is 159 Å². The molecule has 0 atom stereocenters. The van der Waals surface area contributed by atoms with Crippen LogP contribution in [0.3, 0.4) is 0 Å². The van der Waals surface area contributed by atoms with Gasteiger partial charge in [0.15, 0.2) is 0 Å². The summed E-state index contributed by atoms with van der Waals surface area (Å²) < 4.78 is 12.8. The minimum atomic E-state index is -0.0739. The topological polar surface area (TPSA) is 26.3 Å². The molecule has 2 aromatic heterocycles. The van der Waals surface area contributed by atoms with Gasteiger partial charge in [0.05, 0.1) is 0 Å². The number of furan rings is 2. The first-order valence-corrected chi connectivity index (χ1v) is 22.6. The molecule has 1 aliphatic carbocycles. The quantitative estimate of drug-likeness (QED) is 0.165. The highest BCUT2D eigenvalue weighted by atomic mass is 16.3. The van der Waals surface area contributed by atoms with Crippen molar-refractivity contribution in [1.82, 2.24) is 0 Å². The molecule has 0 amide bonds. The summed E-state index contributed by atoms with van der Waals surface area (Å²) in [5, 5.41) is 11.9. The normalized spacial score (nSPS) is 13.2. The molecule has 0 saturated carbocycles. The molecule has 0 aliphatic heterocycles. The van der Waals surface area contributed by atoms with Gasteiger partial charge in [0.1, 0.15) is 22.3 Å². The maximum Gasteiger partial charge on any atom is 0.135 e. The van der Waals surface area contributed by atoms with Gasteiger partial charge in [-0.25, -0.2) is 0 Å². The van der Waals surface area contributed by atoms with E-state index in [0.717, 1.165) is 49.4 Å². The van der Waals surface area contributed by atoms with Crippen molar-refractivity contribution >= 4 is 76.2 Å². The van der Waals surface area contributed by atoms with E-state index in [1.54, 1.807) is 0 Å². The summed E-state index contributed by atoms with van der Waals surface area (Å²) in [6.07, 6.45) is 0. The zero-order valence-electron chi connectivity index (χ0n) is 35.9. The third-order valence-electron chi connectivity index (χ3n) is 14.4. The molecule has 13 aromatic rings. The van der Waals surface area contributed by atoms with E-state index in [2.05, 4.69) is 208 Å². The predicted octanol–water partition coefficient (Wildman–Crippen LogP) is 17.9. The Balaban J connectivity index is 0.927. The van der Waals surface area contributed by atoms with Gasteiger partial charge in [0, 0.05) is 27.0 Å². The summed E-state index contributed by atoms with van der Waals surface area (Å²) in [6, 6.07) is 75.6. The van der Waals surface area contributed by atoms with Crippen LogP contribution in [-0.4, -0.2) is 0 Å². The average Bonchev–Trinajstić information content (AvgIpc) is 3.98. The molecule has 0 unspecified atom stereocenters. The Morgan fingerprint density at radius 2 is 0.723 bits per heavy atom. The fraction of sp³-hybridized carbons (Fsp3) is 0.0476. The highest BCUT2D eigenvalue weighted by molar-refractivity contribution is 6.23. The Bertz CT molecular complexity index is 4100. The van der Waals surface area contributed by atoms with Gasteiger partial charge in [0.2, 0.25) is 0 Å². The van der Waals surface area contributed by atoms with E-state index >= 15 is 0 Å². The van der Waals surface area contributed by atoms with Gasteiger partial charge in [-0.3, -0.25) is 0 Å². The van der Waals surface area contributed by atoms with Crippen molar-refractivity contribution < 1.29 is 8.83 Å². The molecule has 11 aromatic carbocycles. The van der Waals surface area contributed by atoms with Gasteiger partial charge in [-0.15, -0.1) is 0 Å². The highest BCUT2D eigenvalue weighted by Crippen LogP contribution is 2.52. The Labute approximate surface area is 375 Å². The van der Waals surface area contributed by atoms with E-state index in [4.69, 9.17) is 8.83 Å². The fourth-order valence-corrected chi connectivity index (χ4v) is 11.3. The molecule has 1 aliphatic rings. The molecule has 2 nitrogen and oxygen atoms in total. The van der Waals surface area contributed by atoms with E-state index in [-0.39, 0.29) is 5.41 Å². The zero-order valence-corrected chi connectivity index (χ0v) is 35.9. The molecular weight excluding hydrogens is 789 g/mol. The summed E-state index contributed by atoms with van der Waals surface area (Å²) in [5.41, 5.74) is 18.5. The molecule has 0 spiro atoms. The summed E-state index contributed by atoms with van der Waals surface area (Å²) in [6.45, 7) is 4.72. The number of para-hydroxylation sites is 1. The number of benzene rings is 11. The van der Waals surface area contributed by atoms with Crippen LogP contribution in [0.1, 0.15) is 25.0 Å². The van der Waals surface area contributed by atoms with Crippen LogP contribution in [-0.2, 0) is 5.41 Å². The molecule has 0 radical (unpaired) electrons. The third kappa shape index (κ3) is 5.29. The van der Waals surface area contributed by atoms with Crippen molar-refractivity contribution in [2.24, 2.45) is 0 Å². The molecule has 65 heavy (non-hydrogen) atoms. The first-order chi connectivity index (χ1) is 32.0. The summed E-state index contributed by atoms with van der Waals surface area (Å²) in [7, 11) is 0. The molecule has 0 N–H and O–H groups in total. The minimum absolute atomic E-state index is 0.0739. The Morgan fingerprint density at radius 1 is 0.277 bits per heavy atom. The molecule has 14 rings (SSSR count). The second-order valence-electron chi connectivity index (χ2n) is 18.4. The van der Waals surface area contributed by atoms with Crippen molar-refractivity contribution in [3.8, 4) is 55.6 Å². The van der Waals surface area contributed by atoms with Crippen LogP contribution in [0.4, 0.5) is 0 Å². The second-order valence-corrected chi connectivity index (χ2v) is 18.4. The van der Waals surface area contributed by atoms with Gasteiger partial charge < -0.3 is 8.83 Å². The van der Waals surface area contributed by atoms with Crippen LogP contribution in [0.2, 0.25) is 0 Å². The van der Waals surface area contributed by atoms with Crippen LogP contribution in [0.15, 0.2) is 215 Å². The molecule has 0 bridgehead atoms. The van der Waals surface area contributed by atoms with E-state index < -0.39 is 0 Å². The summed E-state index contributed by atoms with van der Waals surface area (Å²) in [4.78, 5) is 0. The lowest BCUT2D eigenvalue weighted by Crippen LogP contribution is -2.14. The smallest absolute Gasteiger partial charge is 0.135 e. The van der Waals surface area contributed by atoms with E-state index in [9.17, 15) is 0 Å². The van der Waals surface area contributed by atoms with Gasteiger partial charge >= 0.3 is 0 Å². The maximum absolute atomic E-state index is 6.57. The molecule has 0 saturated heterocycles. The Kier molecular flexibility index (Phi) is 7.49. The maximum atomic E-state index is 6.57. The number of hydrogen-bond acceptors (Lipinski definition) is 2. The van der Waals surface area contributed by atoms with Crippen molar-refractivity contribution in [3.63, 3.8) is 0 Å². The largest absolute Gasteiger partial charge is 0.456 e. The lowest BCUT2D eigenvalue weighted by molar-refractivity contribution is 0.661. The van der Waals surface area contributed by atoms with Crippen LogP contribution in [0.25, 0.3) is 132 Å². The summed E-state index contributed by atoms with van der Waals surface area (Å²) in [5.74, 6) is 0. The van der Waals surface area contributed by atoms with E-state index in [1.807, 2.05) is 12.1 Å². The van der Waals surface area contributed by atoms with Crippen LogP contribution < -0.4 is 0 Å². The number of rotatable bonds is 4. The van der Waals surface area contributed by atoms with Crippen molar-refractivity contribution in [2.45, 2.75) is 19.3 Å². The molecular formula is C63H40O2. The lowest BCUT2D eigenvalue weighted by Gasteiger charge is -2.22.